The number of thiophene rings is 1. The van der Waals surface area contributed by atoms with Crippen LogP contribution in [0.5, 0.6) is 0 Å². The summed E-state index contributed by atoms with van der Waals surface area (Å²) in [5.74, 6) is -0.377. The van der Waals surface area contributed by atoms with Gasteiger partial charge in [-0.05, 0) is 25.3 Å². The Kier molecular flexibility index (Phi) is 4.46. The van der Waals surface area contributed by atoms with E-state index >= 15 is 0 Å². The van der Waals surface area contributed by atoms with Crippen molar-refractivity contribution in [2.75, 3.05) is 7.11 Å². The highest BCUT2D eigenvalue weighted by atomic mass is 32.1. The van der Waals surface area contributed by atoms with Gasteiger partial charge in [-0.1, -0.05) is 6.07 Å². The number of carbonyl (C=O) groups is 1. The maximum absolute atomic E-state index is 12.2. The number of aryl methyl sites for hydroxylation is 1. The van der Waals surface area contributed by atoms with E-state index in [0.717, 1.165) is 4.88 Å². The molecule has 1 N–H and O–H groups in total. The molecule has 1 unspecified atom stereocenters. The minimum absolute atomic E-state index is 0.377. The zero-order valence-electron chi connectivity index (χ0n) is 11.7. The summed E-state index contributed by atoms with van der Waals surface area (Å²) in [5, 5.41) is 5.24. The van der Waals surface area contributed by atoms with Gasteiger partial charge in [0.05, 0.1) is 18.5 Å². The molecule has 2 aromatic rings. The molecule has 20 heavy (non-hydrogen) atoms. The molecule has 0 spiro atoms. The van der Waals surface area contributed by atoms with Crippen molar-refractivity contribution in [1.82, 2.24) is 15.3 Å². The summed E-state index contributed by atoms with van der Waals surface area (Å²) < 4.78 is 4.93. The first-order chi connectivity index (χ1) is 9.58. The van der Waals surface area contributed by atoms with Crippen molar-refractivity contribution in [2.24, 2.45) is 0 Å². The molecular formula is C14H17N3O2S. The van der Waals surface area contributed by atoms with Gasteiger partial charge in [0, 0.05) is 23.8 Å². The molecule has 0 fully saturated rings. The molecule has 0 saturated heterocycles. The number of nitrogens with one attached hydrogen (secondary N) is 1. The number of rotatable bonds is 5. The Morgan fingerprint density at radius 2 is 2.20 bits per heavy atom. The Hall–Kier alpha value is -1.79. The zero-order chi connectivity index (χ0) is 14.6. The molecule has 2 aromatic heterocycles. The van der Waals surface area contributed by atoms with E-state index in [0.29, 0.717) is 17.9 Å². The van der Waals surface area contributed by atoms with E-state index in [1.807, 2.05) is 24.4 Å². The standard InChI is InChI=1S/C14H17N3O2S/c1-10-12(16-7-6-15-10)14(2,13(18)19-3)17-9-11-5-4-8-20-11/h4-8,17H,9H2,1-3H3. The third kappa shape index (κ3) is 2.86. The van der Waals surface area contributed by atoms with Crippen LogP contribution in [-0.2, 0) is 21.6 Å². The quantitative estimate of drug-likeness (QED) is 0.854. The first-order valence-corrected chi connectivity index (χ1v) is 7.10. The molecule has 0 aliphatic rings. The fourth-order valence-corrected chi connectivity index (χ4v) is 2.68. The molecular weight excluding hydrogens is 274 g/mol. The van der Waals surface area contributed by atoms with Gasteiger partial charge in [-0.15, -0.1) is 11.3 Å². The maximum atomic E-state index is 12.2. The number of hydrogen-bond acceptors (Lipinski definition) is 6. The lowest BCUT2D eigenvalue weighted by Gasteiger charge is -2.28. The van der Waals surface area contributed by atoms with E-state index in [2.05, 4.69) is 15.3 Å². The highest BCUT2D eigenvalue weighted by molar-refractivity contribution is 7.09. The minimum atomic E-state index is -1.02. The molecule has 1 atom stereocenters. The molecule has 5 nitrogen and oxygen atoms in total. The van der Waals surface area contributed by atoms with Gasteiger partial charge in [0.2, 0.25) is 0 Å². The lowest BCUT2D eigenvalue weighted by molar-refractivity contribution is -0.148. The van der Waals surface area contributed by atoms with Crippen LogP contribution in [0.15, 0.2) is 29.9 Å². The van der Waals surface area contributed by atoms with E-state index in [1.165, 1.54) is 7.11 Å². The number of esters is 1. The number of carbonyl (C=O) groups excluding carboxylic acids is 1. The molecule has 0 bridgehead atoms. The van der Waals surface area contributed by atoms with E-state index in [-0.39, 0.29) is 5.97 Å². The molecule has 0 aliphatic heterocycles. The van der Waals surface area contributed by atoms with Crippen molar-refractivity contribution in [3.8, 4) is 0 Å². The van der Waals surface area contributed by atoms with Crippen molar-refractivity contribution in [3.05, 3.63) is 46.2 Å². The fourth-order valence-electron chi connectivity index (χ4n) is 2.03. The molecule has 0 saturated carbocycles. The first-order valence-electron chi connectivity index (χ1n) is 6.22. The Morgan fingerprint density at radius 3 is 2.80 bits per heavy atom. The van der Waals surface area contributed by atoms with Gasteiger partial charge in [0.15, 0.2) is 5.54 Å². The normalized spacial score (nSPS) is 13.8. The van der Waals surface area contributed by atoms with Crippen LogP contribution in [0.25, 0.3) is 0 Å². The Balaban J connectivity index is 2.30. The molecule has 0 amide bonds. The van der Waals surface area contributed by atoms with Crippen molar-refractivity contribution in [1.29, 1.82) is 0 Å². The second-order valence-electron chi connectivity index (χ2n) is 4.54. The first kappa shape index (κ1) is 14.6. The van der Waals surface area contributed by atoms with Gasteiger partial charge in [0.1, 0.15) is 0 Å². The van der Waals surface area contributed by atoms with Gasteiger partial charge >= 0.3 is 5.97 Å². The summed E-state index contributed by atoms with van der Waals surface area (Å²) >= 11 is 1.63. The number of aromatic nitrogens is 2. The van der Waals surface area contributed by atoms with Crippen LogP contribution in [0.3, 0.4) is 0 Å². The SMILES string of the molecule is COC(=O)C(C)(NCc1cccs1)c1nccnc1C. The molecule has 0 aliphatic carbocycles. The topological polar surface area (TPSA) is 64.1 Å². The largest absolute Gasteiger partial charge is 0.467 e. The monoisotopic (exact) mass is 291 g/mol. The number of methoxy groups -OCH3 is 1. The average molecular weight is 291 g/mol. The highest BCUT2D eigenvalue weighted by Crippen LogP contribution is 2.23. The van der Waals surface area contributed by atoms with E-state index in [9.17, 15) is 4.79 Å². The summed E-state index contributed by atoms with van der Waals surface area (Å²) in [6, 6.07) is 3.99. The predicted molar refractivity (Wildman–Crippen MR) is 77.3 cm³/mol. The van der Waals surface area contributed by atoms with Crippen LogP contribution in [-0.4, -0.2) is 23.0 Å². The third-order valence-electron chi connectivity index (χ3n) is 3.14. The second kappa shape index (κ2) is 6.11. The lowest BCUT2D eigenvalue weighted by atomic mass is 9.95. The molecule has 0 aromatic carbocycles. The molecule has 6 heteroatoms. The fraction of sp³-hybridized carbons (Fsp3) is 0.357. The van der Waals surface area contributed by atoms with Crippen LogP contribution in [0.4, 0.5) is 0 Å². The van der Waals surface area contributed by atoms with Gasteiger partial charge in [-0.25, -0.2) is 4.79 Å². The summed E-state index contributed by atoms with van der Waals surface area (Å²) in [7, 11) is 1.37. The summed E-state index contributed by atoms with van der Waals surface area (Å²) in [4.78, 5) is 21.8. The van der Waals surface area contributed by atoms with Gasteiger partial charge in [0.25, 0.3) is 0 Å². The Bertz CT molecular complexity index is 586. The zero-order valence-corrected chi connectivity index (χ0v) is 12.5. The average Bonchev–Trinajstić information content (AvgIpc) is 2.97. The van der Waals surface area contributed by atoms with E-state index in [4.69, 9.17) is 4.74 Å². The molecule has 2 heterocycles. The van der Waals surface area contributed by atoms with Crippen LogP contribution < -0.4 is 5.32 Å². The van der Waals surface area contributed by atoms with E-state index < -0.39 is 5.54 Å². The number of ether oxygens (including phenoxy) is 1. The van der Waals surface area contributed by atoms with Gasteiger partial charge in [-0.3, -0.25) is 15.3 Å². The van der Waals surface area contributed by atoms with Crippen molar-refractivity contribution in [3.63, 3.8) is 0 Å². The van der Waals surface area contributed by atoms with Crippen LogP contribution in [0, 0.1) is 6.92 Å². The molecule has 0 radical (unpaired) electrons. The predicted octanol–water partition coefficient (Wildman–Crippen LogP) is 2.02. The summed E-state index contributed by atoms with van der Waals surface area (Å²) in [6.45, 7) is 4.17. The summed E-state index contributed by atoms with van der Waals surface area (Å²) in [6.07, 6.45) is 3.19. The van der Waals surface area contributed by atoms with Crippen molar-refractivity contribution < 1.29 is 9.53 Å². The molecule has 106 valence electrons. The number of hydrogen-bond donors (Lipinski definition) is 1. The van der Waals surface area contributed by atoms with Gasteiger partial charge in [-0.2, -0.15) is 0 Å². The maximum Gasteiger partial charge on any atom is 0.332 e. The summed E-state index contributed by atoms with van der Waals surface area (Å²) in [5.41, 5.74) is 0.277. The molecule has 2 rings (SSSR count). The van der Waals surface area contributed by atoms with Crippen LogP contribution in [0.2, 0.25) is 0 Å². The lowest BCUT2D eigenvalue weighted by Crippen LogP contribution is -2.48. The Morgan fingerprint density at radius 1 is 1.45 bits per heavy atom. The van der Waals surface area contributed by atoms with Gasteiger partial charge < -0.3 is 4.74 Å². The van der Waals surface area contributed by atoms with Crippen LogP contribution >= 0.6 is 11.3 Å². The second-order valence-corrected chi connectivity index (χ2v) is 5.57. The smallest absolute Gasteiger partial charge is 0.332 e. The number of nitrogens with zero attached hydrogens (tertiary/aromatic N) is 2. The minimum Gasteiger partial charge on any atom is -0.467 e. The van der Waals surface area contributed by atoms with Crippen LogP contribution in [0.1, 0.15) is 23.2 Å². The van der Waals surface area contributed by atoms with E-state index in [1.54, 1.807) is 30.7 Å². The van der Waals surface area contributed by atoms with Crippen molar-refractivity contribution >= 4 is 17.3 Å². The van der Waals surface area contributed by atoms with Crippen molar-refractivity contribution in [2.45, 2.75) is 25.9 Å². The Labute approximate surface area is 122 Å². The highest BCUT2D eigenvalue weighted by Gasteiger charge is 2.39. The third-order valence-corrected chi connectivity index (χ3v) is 4.02.